The SMILES string of the molecule is CC1=[C-]C(C)C=C1C(C)C.Cc1ccc([C](=[Zr+2])c2ccc(C)cc2)cc1.[Cl-].[Cl-].c1ccc2c(c1)[cH-]c1ccccc12. The second-order valence-corrected chi connectivity index (χ2v) is 12.0. The molecule has 0 heterocycles. The number of halogens is 2. The molecule has 1 aliphatic rings. The fourth-order valence-corrected chi connectivity index (χ4v) is 5.82. The third-order valence-corrected chi connectivity index (χ3v) is 8.55. The van der Waals surface area contributed by atoms with Crippen LogP contribution in [-0.4, -0.2) is 3.21 Å². The van der Waals surface area contributed by atoms with Crippen molar-refractivity contribution in [2.45, 2.75) is 41.5 Å². The van der Waals surface area contributed by atoms with E-state index in [1.54, 1.807) is 0 Å². The van der Waals surface area contributed by atoms with Crippen molar-refractivity contribution in [3.05, 3.63) is 149 Å². The fourth-order valence-electron chi connectivity index (χ4n) is 5.00. The molecule has 1 aliphatic carbocycles. The Morgan fingerprint density at radius 1 is 0.683 bits per heavy atom. The van der Waals surface area contributed by atoms with E-state index in [1.165, 1.54) is 82.4 Å². The van der Waals surface area contributed by atoms with E-state index in [9.17, 15) is 0 Å². The van der Waals surface area contributed by atoms with Gasteiger partial charge in [-0.1, -0.05) is 75.9 Å². The van der Waals surface area contributed by atoms with Gasteiger partial charge in [0.15, 0.2) is 0 Å². The minimum atomic E-state index is 0. The fraction of sp³-hybridized carbons (Fsp3) is 0.211. The van der Waals surface area contributed by atoms with Crippen molar-refractivity contribution in [1.82, 2.24) is 0 Å². The van der Waals surface area contributed by atoms with Crippen molar-refractivity contribution in [1.29, 1.82) is 0 Å². The zero-order valence-corrected chi connectivity index (χ0v) is 28.8. The average molecular weight is 657 g/mol. The Bertz CT molecular complexity index is 1520. The van der Waals surface area contributed by atoms with Gasteiger partial charge in [-0.2, -0.15) is 11.6 Å². The Hall–Kier alpha value is -2.44. The molecule has 0 bridgehead atoms. The summed E-state index contributed by atoms with van der Waals surface area (Å²) >= 11 is 1.46. The molecule has 3 heteroatoms. The van der Waals surface area contributed by atoms with E-state index in [1.807, 2.05) is 0 Å². The number of rotatable bonds is 3. The van der Waals surface area contributed by atoms with Crippen molar-refractivity contribution in [3.8, 4) is 0 Å². The van der Waals surface area contributed by atoms with Crippen LogP contribution in [0.25, 0.3) is 21.5 Å². The molecule has 5 aromatic rings. The number of benzene rings is 4. The molecule has 6 rings (SSSR count). The summed E-state index contributed by atoms with van der Waals surface area (Å²) in [6.45, 7) is 13.0. The quantitative estimate of drug-likeness (QED) is 0.257. The predicted octanol–water partition coefficient (Wildman–Crippen LogP) is 4.11. The molecule has 0 nitrogen and oxygen atoms in total. The molecule has 0 saturated heterocycles. The topological polar surface area (TPSA) is 0 Å². The molecule has 1 atom stereocenters. The van der Waals surface area contributed by atoms with Crippen molar-refractivity contribution in [3.63, 3.8) is 0 Å². The first-order chi connectivity index (χ1) is 18.7. The summed E-state index contributed by atoms with van der Waals surface area (Å²) in [5, 5.41) is 5.39. The van der Waals surface area contributed by atoms with Gasteiger partial charge in [0, 0.05) is 0 Å². The zero-order chi connectivity index (χ0) is 27.9. The molecule has 5 aromatic carbocycles. The summed E-state index contributed by atoms with van der Waals surface area (Å²) in [6, 6.07) is 36.8. The van der Waals surface area contributed by atoms with Crippen LogP contribution in [-0.2, 0) is 24.2 Å². The van der Waals surface area contributed by atoms with Crippen LogP contribution in [0.2, 0.25) is 0 Å². The van der Waals surface area contributed by atoms with Crippen molar-refractivity contribution in [2.24, 2.45) is 11.8 Å². The van der Waals surface area contributed by atoms with Crippen LogP contribution in [0.4, 0.5) is 0 Å². The van der Waals surface area contributed by atoms with Gasteiger partial charge in [0.25, 0.3) is 0 Å². The Morgan fingerprint density at radius 3 is 1.44 bits per heavy atom. The molecule has 0 saturated carbocycles. The first-order valence-electron chi connectivity index (χ1n) is 13.8. The third-order valence-electron chi connectivity index (χ3n) is 7.13. The van der Waals surface area contributed by atoms with Gasteiger partial charge < -0.3 is 24.8 Å². The maximum Gasteiger partial charge on any atom is -0.0771 e. The summed E-state index contributed by atoms with van der Waals surface area (Å²) in [4.78, 5) is 0. The van der Waals surface area contributed by atoms with Crippen LogP contribution in [0.15, 0.2) is 120 Å². The van der Waals surface area contributed by atoms with Crippen molar-refractivity contribution < 1.29 is 49.0 Å². The zero-order valence-electron chi connectivity index (χ0n) is 24.8. The monoisotopic (exact) mass is 654 g/mol. The van der Waals surface area contributed by atoms with Gasteiger partial charge in [-0.3, -0.25) is 6.08 Å². The minimum Gasteiger partial charge on any atom is -1.00 e. The van der Waals surface area contributed by atoms with Crippen LogP contribution in [0.5, 0.6) is 0 Å². The van der Waals surface area contributed by atoms with E-state index in [-0.39, 0.29) is 24.8 Å². The normalized spacial score (nSPS) is 13.6. The molecule has 0 aliphatic heterocycles. The number of fused-ring (bicyclic) bond motifs is 3. The number of hydrogen-bond acceptors (Lipinski definition) is 0. The summed E-state index contributed by atoms with van der Waals surface area (Å²) in [5.74, 6) is 1.20. The molecular formula is C38H38Cl2Zr-2. The molecule has 1 unspecified atom stereocenters. The molecule has 210 valence electrons. The summed E-state index contributed by atoms with van der Waals surface area (Å²) < 4.78 is 1.42. The minimum absolute atomic E-state index is 0. The second-order valence-electron chi connectivity index (χ2n) is 10.8. The largest absolute Gasteiger partial charge is 1.00 e. The van der Waals surface area contributed by atoms with E-state index in [0.717, 1.165) is 0 Å². The Morgan fingerprint density at radius 2 is 1.10 bits per heavy atom. The van der Waals surface area contributed by atoms with Crippen molar-refractivity contribution >= 4 is 24.8 Å². The number of allylic oxidation sites excluding steroid dienone is 4. The summed E-state index contributed by atoms with van der Waals surface area (Å²) in [5.41, 5.74) is 8.14. The molecule has 0 fully saturated rings. The van der Waals surface area contributed by atoms with Gasteiger partial charge in [0.05, 0.1) is 0 Å². The maximum atomic E-state index is 3.37. The molecule has 0 amide bonds. The van der Waals surface area contributed by atoms with Gasteiger partial charge in [0.1, 0.15) is 0 Å². The molecular weight excluding hydrogens is 619 g/mol. The second kappa shape index (κ2) is 16.3. The standard InChI is InChI=1S/C15H14.C13H9.C10H15.2ClH.Zr/c1-12-3-7-14(8-4-12)11-15-9-5-13(2)6-10-15;1-3-7-12-10(5-1)9-11-6-2-4-8-13(11)12;1-7(2)10-6-8(3)5-9(10)4;;;/h3-10H,1-2H3;1-9H;6-8H,1-4H3;2*1H;/q;2*-1;;;+2/p-2. The van der Waals surface area contributed by atoms with Crippen LogP contribution >= 0.6 is 0 Å². The molecule has 41 heavy (non-hydrogen) atoms. The first kappa shape index (κ1) is 34.8. The van der Waals surface area contributed by atoms with Gasteiger partial charge in [-0.05, 0) is 0 Å². The summed E-state index contributed by atoms with van der Waals surface area (Å²) in [7, 11) is 0. The van der Waals surface area contributed by atoms with E-state index >= 15 is 0 Å². The molecule has 0 radical (unpaired) electrons. The first-order valence-corrected chi connectivity index (χ1v) is 15.0. The Labute approximate surface area is 274 Å². The summed E-state index contributed by atoms with van der Waals surface area (Å²) in [6.07, 6.45) is 5.68. The van der Waals surface area contributed by atoms with Gasteiger partial charge in [-0.15, -0.1) is 39.7 Å². The maximum absolute atomic E-state index is 3.37. The smallest absolute Gasteiger partial charge is 0.0771 e. The Balaban J connectivity index is 0.000000215. The third kappa shape index (κ3) is 9.28. The van der Waals surface area contributed by atoms with Gasteiger partial charge >= 0.3 is 112 Å². The van der Waals surface area contributed by atoms with Crippen LogP contribution in [0.1, 0.15) is 49.9 Å². The van der Waals surface area contributed by atoms with Crippen molar-refractivity contribution in [2.75, 3.05) is 0 Å². The predicted molar refractivity (Wildman–Crippen MR) is 167 cm³/mol. The van der Waals surface area contributed by atoms with E-state index in [4.69, 9.17) is 0 Å². The molecule has 0 N–H and O–H groups in total. The number of aryl methyl sites for hydroxylation is 2. The van der Waals surface area contributed by atoms with E-state index in [0.29, 0.717) is 11.8 Å². The van der Waals surface area contributed by atoms with Gasteiger partial charge in [-0.25, -0.2) is 5.57 Å². The van der Waals surface area contributed by atoms with Crippen LogP contribution in [0, 0.1) is 31.8 Å². The number of hydrogen-bond donors (Lipinski definition) is 0. The van der Waals surface area contributed by atoms with Crippen LogP contribution in [0.3, 0.4) is 0 Å². The molecule has 0 spiro atoms. The van der Waals surface area contributed by atoms with E-state index in [2.05, 4.69) is 157 Å². The average Bonchev–Trinajstić information content (AvgIpc) is 3.49. The van der Waals surface area contributed by atoms with Gasteiger partial charge in [0.2, 0.25) is 0 Å². The van der Waals surface area contributed by atoms with Crippen LogP contribution < -0.4 is 24.8 Å². The van der Waals surface area contributed by atoms with E-state index < -0.39 is 0 Å². The molecule has 0 aromatic heterocycles. The Kier molecular flexibility index (Phi) is 13.8.